The normalized spacial score (nSPS) is 12.0. The third-order valence-corrected chi connectivity index (χ3v) is 6.27. The standard InChI is InChI=1S/C21H26OS2/c1-3-4-11-18(22)16-17(2)21(23-19-12-7-5-8-13-19)24-20-14-9-6-10-15-20/h5-10,12-15,18,22H,3-4,11,16H2,1-2H3/t18-/m1/s1. The highest BCUT2D eigenvalue weighted by atomic mass is 32.2. The van der Waals surface area contributed by atoms with Crippen LogP contribution in [0.2, 0.25) is 0 Å². The number of aliphatic hydroxyl groups is 1. The van der Waals surface area contributed by atoms with Gasteiger partial charge in [0, 0.05) is 14.0 Å². The fourth-order valence-corrected chi connectivity index (χ4v) is 4.64. The van der Waals surface area contributed by atoms with E-state index < -0.39 is 0 Å². The Kier molecular flexibility index (Phi) is 8.51. The summed E-state index contributed by atoms with van der Waals surface area (Å²) in [5.74, 6) is 0. The lowest BCUT2D eigenvalue weighted by Gasteiger charge is -2.15. The van der Waals surface area contributed by atoms with E-state index in [0.29, 0.717) is 0 Å². The molecule has 0 fully saturated rings. The molecule has 2 aromatic rings. The first-order valence-corrected chi connectivity index (χ1v) is 10.2. The van der Waals surface area contributed by atoms with Gasteiger partial charge in [0.05, 0.1) is 6.10 Å². The Hall–Kier alpha value is -1.16. The Labute approximate surface area is 154 Å². The zero-order valence-electron chi connectivity index (χ0n) is 14.4. The van der Waals surface area contributed by atoms with Crippen LogP contribution >= 0.6 is 23.5 Å². The molecule has 24 heavy (non-hydrogen) atoms. The second kappa shape index (κ2) is 10.7. The van der Waals surface area contributed by atoms with Crippen LogP contribution in [0.15, 0.2) is 80.3 Å². The molecule has 0 aliphatic carbocycles. The first-order chi connectivity index (χ1) is 11.7. The SMILES string of the molecule is CCCC[C@@H](O)CC(C)=C(Sc1ccccc1)Sc1ccccc1. The lowest BCUT2D eigenvalue weighted by atomic mass is 10.1. The monoisotopic (exact) mass is 358 g/mol. The van der Waals surface area contributed by atoms with E-state index in [-0.39, 0.29) is 6.10 Å². The third kappa shape index (κ3) is 6.76. The van der Waals surface area contributed by atoms with Gasteiger partial charge < -0.3 is 5.11 Å². The summed E-state index contributed by atoms with van der Waals surface area (Å²) < 4.78 is 1.27. The quantitative estimate of drug-likeness (QED) is 0.501. The molecule has 2 aromatic carbocycles. The number of hydrogen-bond acceptors (Lipinski definition) is 3. The summed E-state index contributed by atoms with van der Waals surface area (Å²) in [6.45, 7) is 4.31. The van der Waals surface area contributed by atoms with Crippen molar-refractivity contribution in [2.75, 3.05) is 0 Å². The minimum absolute atomic E-state index is 0.243. The maximum Gasteiger partial charge on any atom is 0.0577 e. The van der Waals surface area contributed by atoms with Crippen molar-refractivity contribution in [3.8, 4) is 0 Å². The molecule has 2 rings (SSSR count). The number of aliphatic hydroxyl groups excluding tert-OH is 1. The van der Waals surface area contributed by atoms with E-state index in [9.17, 15) is 5.11 Å². The molecule has 0 aliphatic rings. The van der Waals surface area contributed by atoms with E-state index in [1.165, 1.54) is 19.6 Å². The summed E-state index contributed by atoms with van der Waals surface area (Å²) in [5, 5.41) is 10.3. The Morgan fingerprint density at radius 1 is 0.917 bits per heavy atom. The van der Waals surface area contributed by atoms with Crippen LogP contribution in [-0.2, 0) is 0 Å². The summed E-state index contributed by atoms with van der Waals surface area (Å²) in [6.07, 6.45) is 3.60. The predicted octanol–water partition coefficient (Wildman–Crippen LogP) is 6.74. The second-order valence-corrected chi connectivity index (χ2v) is 8.32. The minimum Gasteiger partial charge on any atom is -0.393 e. The zero-order chi connectivity index (χ0) is 17.2. The van der Waals surface area contributed by atoms with Gasteiger partial charge in [-0.25, -0.2) is 0 Å². The Bertz CT molecular complexity index is 579. The van der Waals surface area contributed by atoms with Gasteiger partial charge in [-0.2, -0.15) is 0 Å². The van der Waals surface area contributed by atoms with E-state index in [4.69, 9.17) is 0 Å². The molecule has 0 saturated carbocycles. The highest BCUT2D eigenvalue weighted by molar-refractivity contribution is 8.22. The summed E-state index contributed by atoms with van der Waals surface area (Å²) in [5.41, 5.74) is 1.27. The first-order valence-electron chi connectivity index (χ1n) is 8.52. The molecule has 0 heterocycles. The van der Waals surface area contributed by atoms with E-state index >= 15 is 0 Å². The highest BCUT2D eigenvalue weighted by Crippen LogP contribution is 2.42. The molecular formula is C21H26OS2. The fraction of sp³-hybridized carbons (Fsp3) is 0.333. The summed E-state index contributed by atoms with van der Waals surface area (Å²) in [4.78, 5) is 2.47. The van der Waals surface area contributed by atoms with Gasteiger partial charge in [-0.05, 0) is 44.0 Å². The third-order valence-electron chi connectivity index (χ3n) is 3.69. The number of thioether (sulfide) groups is 2. The van der Waals surface area contributed by atoms with Gasteiger partial charge in [0.15, 0.2) is 0 Å². The molecule has 0 radical (unpaired) electrons. The molecule has 1 nitrogen and oxygen atoms in total. The number of unbranched alkanes of at least 4 members (excludes halogenated alkanes) is 1. The molecule has 0 spiro atoms. The van der Waals surface area contributed by atoms with E-state index in [2.05, 4.69) is 62.4 Å². The second-order valence-electron chi connectivity index (χ2n) is 5.90. The van der Waals surface area contributed by atoms with E-state index in [1.54, 1.807) is 23.5 Å². The molecule has 3 heteroatoms. The molecule has 1 atom stereocenters. The largest absolute Gasteiger partial charge is 0.393 e. The molecule has 0 bridgehead atoms. The maximum atomic E-state index is 10.3. The van der Waals surface area contributed by atoms with Gasteiger partial charge in [-0.3, -0.25) is 0 Å². The predicted molar refractivity (Wildman–Crippen MR) is 107 cm³/mol. The fourth-order valence-electron chi connectivity index (χ4n) is 2.36. The average Bonchev–Trinajstić information content (AvgIpc) is 2.61. The van der Waals surface area contributed by atoms with Crippen LogP contribution in [0.1, 0.15) is 39.5 Å². The van der Waals surface area contributed by atoms with Crippen molar-refractivity contribution in [1.82, 2.24) is 0 Å². The number of rotatable bonds is 9. The smallest absolute Gasteiger partial charge is 0.0577 e. The van der Waals surface area contributed by atoms with E-state index in [0.717, 1.165) is 25.7 Å². The highest BCUT2D eigenvalue weighted by Gasteiger charge is 2.12. The van der Waals surface area contributed by atoms with Crippen LogP contribution in [0.4, 0.5) is 0 Å². The summed E-state index contributed by atoms with van der Waals surface area (Å²) >= 11 is 3.58. The molecule has 0 aromatic heterocycles. The van der Waals surface area contributed by atoms with Gasteiger partial charge in [0.1, 0.15) is 0 Å². The summed E-state index contributed by atoms with van der Waals surface area (Å²) in [6, 6.07) is 20.9. The van der Waals surface area contributed by atoms with E-state index in [1.807, 2.05) is 12.1 Å². The van der Waals surface area contributed by atoms with Crippen LogP contribution in [-0.4, -0.2) is 11.2 Å². The van der Waals surface area contributed by atoms with Crippen molar-refractivity contribution < 1.29 is 5.11 Å². The molecule has 0 saturated heterocycles. The van der Waals surface area contributed by atoms with Crippen LogP contribution < -0.4 is 0 Å². The van der Waals surface area contributed by atoms with Crippen molar-refractivity contribution in [1.29, 1.82) is 0 Å². The molecule has 128 valence electrons. The van der Waals surface area contributed by atoms with Gasteiger partial charge in [-0.15, -0.1) is 0 Å². The number of hydrogen-bond donors (Lipinski definition) is 1. The number of benzene rings is 2. The molecule has 1 N–H and O–H groups in total. The minimum atomic E-state index is -0.243. The maximum absolute atomic E-state index is 10.3. The Morgan fingerprint density at radius 3 is 1.88 bits per heavy atom. The Morgan fingerprint density at radius 2 is 1.42 bits per heavy atom. The van der Waals surface area contributed by atoms with Crippen molar-refractivity contribution in [3.63, 3.8) is 0 Å². The topological polar surface area (TPSA) is 20.2 Å². The van der Waals surface area contributed by atoms with Crippen molar-refractivity contribution in [2.45, 2.75) is 55.4 Å². The van der Waals surface area contributed by atoms with Crippen molar-refractivity contribution in [2.24, 2.45) is 0 Å². The van der Waals surface area contributed by atoms with Gasteiger partial charge in [-0.1, -0.05) is 85.3 Å². The van der Waals surface area contributed by atoms with Gasteiger partial charge in [0.2, 0.25) is 0 Å². The van der Waals surface area contributed by atoms with Crippen molar-refractivity contribution >= 4 is 23.5 Å². The van der Waals surface area contributed by atoms with Gasteiger partial charge >= 0.3 is 0 Å². The average molecular weight is 359 g/mol. The van der Waals surface area contributed by atoms with Crippen LogP contribution in [0.25, 0.3) is 0 Å². The van der Waals surface area contributed by atoms with Gasteiger partial charge in [0.25, 0.3) is 0 Å². The summed E-state index contributed by atoms with van der Waals surface area (Å²) in [7, 11) is 0. The molecule has 0 unspecified atom stereocenters. The molecular weight excluding hydrogens is 332 g/mol. The van der Waals surface area contributed by atoms with Crippen LogP contribution in [0, 0.1) is 0 Å². The van der Waals surface area contributed by atoms with Crippen LogP contribution in [0.3, 0.4) is 0 Å². The first kappa shape index (κ1) is 19.2. The molecule has 0 aliphatic heterocycles. The lowest BCUT2D eigenvalue weighted by molar-refractivity contribution is 0.161. The zero-order valence-corrected chi connectivity index (χ0v) is 16.1. The van der Waals surface area contributed by atoms with Crippen LogP contribution in [0.5, 0.6) is 0 Å². The van der Waals surface area contributed by atoms with Crippen molar-refractivity contribution in [3.05, 3.63) is 70.5 Å². The lowest BCUT2D eigenvalue weighted by Crippen LogP contribution is -2.07. The Balaban J connectivity index is 2.15. The molecule has 0 amide bonds.